The van der Waals surface area contributed by atoms with E-state index in [1.807, 2.05) is 24.3 Å². The van der Waals surface area contributed by atoms with Gasteiger partial charge in [-0.05, 0) is 86.3 Å². The summed E-state index contributed by atoms with van der Waals surface area (Å²) in [5.74, 6) is 1.31. The predicted molar refractivity (Wildman–Crippen MR) is 187 cm³/mol. The van der Waals surface area contributed by atoms with Crippen LogP contribution < -0.4 is 15.4 Å². The first-order valence-electron chi connectivity index (χ1n) is 17.5. The average Bonchev–Trinajstić information content (AvgIpc) is 4.00. The third-order valence-electron chi connectivity index (χ3n) is 10.7. The highest BCUT2D eigenvalue weighted by Crippen LogP contribution is 2.47. The Bertz CT molecular complexity index is 1890. The van der Waals surface area contributed by atoms with E-state index in [0.29, 0.717) is 30.8 Å². The maximum atomic E-state index is 14.4. The second-order valence-corrected chi connectivity index (χ2v) is 17.7. The molecule has 3 aliphatic heterocycles. The number of benzene rings is 2. The molecule has 3 aromatic rings. The van der Waals surface area contributed by atoms with E-state index in [2.05, 4.69) is 22.5 Å². The quantitative estimate of drug-likeness (QED) is 0.207. The van der Waals surface area contributed by atoms with Crippen LogP contribution in [-0.2, 0) is 30.7 Å². The topological polar surface area (TPSA) is 149 Å². The van der Waals surface area contributed by atoms with E-state index in [1.165, 1.54) is 15.6 Å². The lowest BCUT2D eigenvalue weighted by Crippen LogP contribution is -2.51. The summed E-state index contributed by atoms with van der Waals surface area (Å²) in [6.07, 6.45) is 3.76. The Morgan fingerprint density at radius 2 is 1.94 bits per heavy atom. The summed E-state index contributed by atoms with van der Waals surface area (Å²) in [6.45, 7) is 2.88. The van der Waals surface area contributed by atoms with Crippen LogP contribution in [0.1, 0.15) is 51.0 Å². The van der Waals surface area contributed by atoms with Crippen molar-refractivity contribution in [2.75, 3.05) is 38.7 Å². The monoisotopic (exact) mass is 724 g/mol. The number of nitrogens with zero attached hydrogens (tertiary/aromatic N) is 2. The molecule has 3 unspecified atom stereocenters. The van der Waals surface area contributed by atoms with Crippen LogP contribution in [0.3, 0.4) is 0 Å². The number of ether oxygens (including phenoxy) is 4. The Balaban J connectivity index is 1.04. The van der Waals surface area contributed by atoms with E-state index in [0.717, 1.165) is 65.0 Å². The highest BCUT2D eigenvalue weighted by molar-refractivity contribution is 7.89. The fraction of sp³-hybridized carbons (Fsp3) is 0.556. The highest BCUT2D eigenvalue weighted by Gasteiger charge is 2.46. The number of anilines is 1. The summed E-state index contributed by atoms with van der Waals surface area (Å²) in [5, 5.41) is 19.0. The molecule has 14 heteroatoms. The van der Waals surface area contributed by atoms with Gasteiger partial charge in [-0.1, -0.05) is 30.4 Å². The van der Waals surface area contributed by atoms with Gasteiger partial charge in [0.25, 0.3) is 0 Å². The van der Waals surface area contributed by atoms with Crippen molar-refractivity contribution >= 4 is 42.8 Å². The van der Waals surface area contributed by atoms with Crippen molar-refractivity contribution in [3.63, 3.8) is 0 Å². The van der Waals surface area contributed by atoms with Crippen molar-refractivity contribution < 1.29 is 37.3 Å². The normalized spacial score (nSPS) is 25.0. The first-order valence-corrected chi connectivity index (χ1v) is 19.8. The standard InChI is InChI=1S/C36H44N4O8S2/c1-36(13-14-36)20-40(50(43,44)25-10-12-28-31(16-25)49-34(38-28)37-23-6-7-23)17-30(41)29(15-21-3-8-24(45-2)9-4-21)39-35(42)48-32-22-5-11-26-27(32)19-47-33(26)46-18-22/h3-4,8-10,12,16,22-23,26,29-30,33,41H,5-7,11,13-15,17-20H2,1-2H3,(H,37,38)(H,39,42)/t22?,26?,29-,30+,33?/m0/s1. The Hall–Kier alpha value is -3.27. The molecule has 0 spiro atoms. The number of carbonyl (C=O) groups excluding carboxylic acids is 1. The van der Waals surface area contributed by atoms with Crippen molar-refractivity contribution in [3.8, 4) is 5.75 Å². The van der Waals surface area contributed by atoms with Crippen LogP contribution in [0.2, 0.25) is 0 Å². The van der Waals surface area contributed by atoms with Gasteiger partial charge in [-0.3, -0.25) is 0 Å². The summed E-state index contributed by atoms with van der Waals surface area (Å²) in [7, 11) is -2.44. The molecule has 2 saturated heterocycles. The van der Waals surface area contributed by atoms with E-state index in [1.54, 1.807) is 25.3 Å². The number of methoxy groups -OCH3 is 1. The molecule has 4 heterocycles. The van der Waals surface area contributed by atoms with Crippen molar-refractivity contribution in [2.24, 2.45) is 17.3 Å². The van der Waals surface area contributed by atoms with Crippen LogP contribution in [0, 0.1) is 17.3 Å². The Morgan fingerprint density at radius 3 is 2.68 bits per heavy atom. The first-order chi connectivity index (χ1) is 24.1. The molecule has 0 radical (unpaired) electrons. The number of amides is 1. The molecule has 6 aliphatic rings. The van der Waals surface area contributed by atoms with E-state index in [9.17, 15) is 18.3 Å². The van der Waals surface area contributed by atoms with Gasteiger partial charge in [0.05, 0.1) is 47.6 Å². The van der Waals surface area contributed by atoms with Crippen LogP contribution in [0.25, 0.3) is 10.2 Å². The Labute approximate surface area is 296 Å². The van der Waals surface area contributed by atoms with Crippen molar-refractivity contribution in [1.82, 2.24) is 14.6 Å². The minimum absolute atomic E-state index is 0.0396. The lowest BCUT2D eigenvalue weighted by atomic mass is 9.83. The number of aromatic nitrogens is 1. The molecule has 9 rings (SSSR count). The number of thiazole rings is 1. The second kappa shape index (κ2) is 13.4. The van der Waals surface area contributed by atoms with Gasteiger partial charge in [0.1, 0.15) is 11.5 Å². The number of hydrogen-bond donors (Lipinski definition) is 3. The summed E-state index contributed by atoms with van der Waals surface area (Å²) < 4.78 is 53.9. The molecule has 50 heavy (non-hydrogen) atoms. The van der Waals surface area contributed by atoms with Crippen LogP contribution in [0.4, 0.5) is 9.93 Å². The lowest BCUT2D eigenvalue weighted by Gasteiger charge is -2.32. The van der Waals surface area contributed by atoms with Gasteiger partial charge in [0, 0.05) is 36.5 Å². The molecule has 1 aromatic heterocycles. The summed E-state index contributed by atoms with van der Waals surface area (Å²) in [5.41, 5.74) is 2.36. The molecule has 3 aliphatic carbocycles. The number of nitrogens with one attached hydrogen (secondary N) is 2. The number of aliphatic hydroxyl groups excluding tert-OH is 1. The van der Waals surface area contributed by atoms with Crippen molar-refractivity contribution in [2.45, 2.75) is 81.2 Å². The number of sulfonamides is 1. The fourth-order valence-electron chi connectivity index (χ4n) is 7.22. The molecule has 3 N–H and O–H groups in total. The number of alkyl carbamates (subject to hydrolysis) is 1. The predicted octanol–water partition coefficient (Wildman–Crippen LogP) is 5.04. The largest absolute Gasteiger partial charge is 0.497 e. The molecule has 2 saturated carbocycles. The molecule has 268 valence electrons. The Kier molecular flexibility index (Phi) is 9.05. The zero-order valence-electron chi connectivity index (χ0n) is 28.3. The number of aliphatic hydroxyl groups is 1. The molecule has 4 fully saturated rings. The van der Waals surface area contributed by atoms with Crippen molar-refractivity contribution in [1.29, 1.82) is 0 Å². The van der Waals surface area contributed by atoms with E-state index < -0.39 is 28.3 Å². The molecule has 1 amide bonds. The van der Waals surface area contributed by atoms with Gasteiger partial charge in [-0.2, -0.15) is 4.31 Å². The SMILES string of the molecule is COc1ccc(C[C@H](NC(=O)OC2=C3COC4OCC2CCC34)[C@H](O)CN(CC2(C)CC2)S(=O)(=O)c2ccc3nc(NC4CC4)sc3c2)cc1. The minimum atomic E-state index is -4.03. The zero-order valence-corrected chi connectivity index (χ0v) is 29.9. The third kappa shape index (κ3) is 7.10. The average molecular weight is 725 g/mol. The van der Waals surface area contributed by atoms with Crippen LogP contribution in [0.15, 0.2) is 58.7 Å². The van der Waals surface area contributed by atoms with Crippen LogP contribution in [-0.4, -0.2) is 86.8 Å². The van der Waals surface area contributed by atoms with E-state index in [-0.39, 0.29) is 47.9 Å². The highest BCUT2D eigenvalue weighted by atomic mass is 32.2. The lowest BCUT2D eigenvalue weighted by molar-refractivity contribution is -0.129. The van der Waals surface area contributed by atoms with Gasteiger partial charge in [0.2, 0.25) is 10.0 Å². The maximum absolute atomic E-state index is 14.4. The summed E-state index contributed by atoms with van der Waals surface area (Å²) >= 11 is 1.44. The molecule has 2 aromatic carbocycles. The molecular weight excluding hydrogens is 681 g/mol. The van der Waals surface area contributed by atoms with E-state index >= 15 is 0 Å². The summed E-state index contributed by atoms with van der Waals surface area (Å²) in [4.78, 5) is 18.4. The van der Waals surface area contributed by atoms with Gasteiger partial charge in [-0.25, -0.2) is 18.2 Å². The maximum Gasteiger partial charge on any atom is 0.412 e. The smallest absolute Gasteiger partial charge is 0.412 e. The van der Waals surface area contributed by atoms with Gasteiger partial charge in [0.15, 0.2) is 11.4 Å². The Morgan fingerprint density at radius 1 is 1.14 bits per heavy atom. The minimum Gasteiger partial charge on any atom is -0.497 e. The number of fused-ring (bicyclic) bond motifs is 3. The zero-order chi connectivity index (χ0) is 34.6. The second-order valence-electron chi connectivity index (χ2n) is 14.7. The van der Waals surface area contributed by atoms with Crippen molar-refractivity contribution in [3.05, 3.63) is 59.4 Å². The fourth-order valence-corrected chi connectivity index (χ4v) is 9.91. The van der Waals surface area contributed by atoms with E-state index in [4.69, 9.17) is 18.9 Å². The van der Waals surface area contributed by atoms with Crippen LogP contribution in [0.5, 0.6) is 5.75 Å². The molecule has 4 bridgehead atoms. The number of hydrogen-bond acceptors (Lipinski definition) is 11. The first kappa shape index (κ1) is 33.9. The molecule has 5 atom stereocenters. The summed E-state index contributed by atoms with van der Waals surface area (Å²) in [6, 6.07) is 11.9. The van der Waals surface area contributed by atoms with Gasteiger partial charge in [-0.15, -0.1) is 0 Å². The molecule has 12 nitrogen and oxygen atoms in total. The number of carbonyl (C=O) groups is 1. The number of rotatable bonds is 14. The van der Waals surface area contributed by atoms with Gasteiger partial charge < -0.3 is 34.7 Å². The molecular formula is C36H44N4O8S2. The van der Waals surface area contributed by atoms with Crippen LogP contribution >= 0.6 is 11.3 Å². The third-order valence-corrected chi connectivity index (χ3v) is 13.5. The van der Waals surface area contributed by atoms with Gasteiger partial charge >= 0.3 is 6.09 Å².